The van der Waals surface area contributed by atoms with Crippen molar-refractivity contribution in [2.45, 2.75) is 9.79 Å². The second kappa shape index (κ2) is 10.1. The average Bonchev–Trinajstić information content (AvgIpc) is 3.74. The first-order valence-electron chi connectivity index (χ1n) is 16.9. The van der Waals surface area contributed by atoms with Gasteiger partial charge >= 0.3 is 0 Å². The lowest BCUT2D eigenvalue weighted by atomic mass is 9.84. The van der Waals surface area contributed by atoms with E-state index >= 15 is 0 Å². The van der Waals surface area contributed by atoms with Crippen LogP contribution in [0.4, 0.5) is 11.4 Å². The largest absolute Gasteiger partial charge is 0.398 e. The van der Waals surface area contributed by atoms with Gasteiger partial charge in [-0.3, -0.25) is 28.5 Å². The van der Waals surface area contributed by atoms with Gasteiger partial charge in [0.1, 0.15) is 11.3 Å². The Morgan fingerprint density at radius 2 is 1.11 bits per heavy atom. The van der Waals surface area contributed by atoms with E-state index in [0.717, 1.165) is 4.31 Å². The number of benzene rings is 7. The van der Waals surface area contributed by atoms with Crippen LogP contribution >= 0.6 is 0 Å². The SMILES string of the molecule is CN(C)S(=O)(=O)c1ccc2c(c1)nc1c3ccc4c5c(N)cc6c(=O)n7c8ccc(S(N)(=O)=O)cc8nc7c7ccc(c8c([N+](=O)[O-])cc(c(=O)n21)c3c48)c5c67. The van der Waals surface area contributed by atoms with E-state index in [1.165, 1.54) is 65.4 Å². The summed E-state index contributed by atoms with van der Waals surface area (Å²) in [6, 6.07) is 18.1. The summed E-state index contributed by atoms with van der Waals surface area (Å²) in [5.74, 6) is 0. The predicted octanol–water partition coefficient (Wildman–Crippen LogP) is 4.63. The van der Waals surface area contributed by atoms with Gasteiger partial charge in [0.15, 0.2) is 0 Å². The third-order valence-electron chi connectivity index (χ3n) is 11.0. The maximum atomic E-state index is 14.5. The molecule has 0 unspecified atom stereocenters. The summed E-state index contributed by atoms with van der Waals surface area (Å²) in [4.78, 5) is 50.5. The number of imidazole rings is 2. The van der Waals surface area contributed by atoms with Crippen molar-refractivity contribution in [2.75, 3.05) is 19.8 Å². The van der Waals surface area contributed by atoms with Crippen LogP contribution < -0.4 is 22.0 Å². The molecule has 4 aromatic heterocycles. The van der Waals surface area contributed by atoms with Crippen LogP contribution in [0.1, 0.15) is 0 Å². The molecule has 0 radical (unpaired) electrons. The summed E-state index contributed by atoms with van der Waals surface area (Å²) in [7, 11) is -5.08. The number of sulfonamides is 2. The Morgan fingerprint density at radius 3 is 1.64 bits per heavy atom. The Morgan fingerprint density at radius 1 is 0.625 bits per heavy atom. The van der Waals surface area contributed by atoms with E-state index in [4.69, 9.17) is 15.9 Å². The molecule has 0 bridgehead atoms. The number of primary sulfonamides is 1. The lowest BCUT2D eigenvalue weighted by Crippen LogP contribution is -2.22. The Kier molecular flexibility index (Phi) is 5.85. The zero-order valence-corrected chi connectivity index (χ0v) is 30.5. The van der Waals surface area contributed by atoms with Gasteiger partial charge in [0, 0.05) is 63.6 Å². The molecule has 0 saturated heterocycles. The molecule has 0 aliphatic carbocycles. The number of fused-ring (bicyclic) bond motifs is 10. The summed E-state index contributed by atoms with van der Waals surface area (Å²) in [5.41, 5.74) is 7.26. The minimum Gasteiger partial charge on any atom is -0.398 e. The number of aromatic nitrogens is 4. The van der Waals surface area contributed by atoms with Gasteiger partial charge in [0.05, 0.1) is 52.9 Å². The number of nitrogens with zero attached hydrogens (tertiary/aromatic N) is 6. The second-order valence-electron chi connectivity index (χ2n) is 14.1. The molecule has 18 heteroatoms. The Labute approximate surface area is 311 Å². The average molecular weight is 783 g/mol. The van der Waals surface area contributed by atoms with Gasteiger partial charge in [-0.25, -0.2) is 36.2 Å². The van der Waals surface area contributed by atoms with Crippen LogP contribution in [0.2, 0.25) is 0 Å². The third kappa shape index (κ3) is 3.77. The van der Waals surface area contributed by atoms with Crippen molar-refractivity contribution in [1.29, 1.82) is 0 Å². The zero-order valence-electron chi connectivity index (χ0n) is 28.8. The van der Waals surface area contributed by atoms with Crippen molar-refractivity contribution in [3.8, 4) is 0 Å². The molecule has 16 nitrogen and oxygen atoms in total. The summed E-state index contributed by atoms with van der Waals surface area (Å²) in [5, 5.41) is 23.1. The molecule has 274 valence electrons. The number of non-ortho nitro benzene ring substituents is 1. The van der Waals surface area contributed by atoms with Gasteiger partial charge < -0.3 is 5.73 Å². The van der Waals surface area contributed by atoms with E-state index in [9.17, 15) is 36.5 Å². The molecular weight excluding hydrogens is 761 g/mol. The van der Waals surface area contributed by atoms with Crippen LogP contribution in [-0.2, 0) is 20.0 Å². The lowest BCUT2D eigenvalue weighted by Gasteiger charge is -2.19. The number of pyridine rings is 2. The third-order valence-corrected chi connectivity index (χ3v) is 13.7. The molecule has 11 rings (SSSR count). The molecule has 0 spiro atoms. The number of hydrogen-bond donors (Lipinski definition) is 2. The van der Waals surface area contributed by atoms with Gasteiger partial charge in [-0.05, 0) is 65.4 Å². The molecule has 4 N–H and O–H groups in total. The first-order valence-corrected chi connectivity index (χ1v) is 19.8. The molecular formula is C38H22N8O8S2. The van der Waals surface area contributed by atoms with Gasteiger partial charge in [-0.1, -0.05) is 12.1 Å². The van der Waals surface area contributed by atoms with Gasteiger partial charge in [-0.2, -0.15) is 0 Å². The molecule has 4 heterocycles. The summed E-state index contributed by atoms with van der Waals surface area (Å²) < 4.78 is 54.0. The second-order valence-corrected chi connectivity index (χ2v) is 17.8. The highest BCUT2D eigenvalue weighted by atomic mass is 32.2. The number of hydrogen-bond acceptors (Lipinski definition) is 11. The van der Waals surface area contributed by atoms with Crippen molar-refractivity contribution in [2.24, 2.45) is 5.14 Å². The molecule has 7 aromatic carbocycles. The molecule has 0 aliphatic heterocycles. The molecule has 11 aromatic rings. The topological polar surface area (TPSA) is 235 Å². The Balaban J connectivity index is 1.33. The molecule has 56 heavy (non-hydrogen) atoms. The van der Waals surface area contributed by atoms with E-state index in [-0.39, 0.29) is 59.7 Å². The van der Waals surface area contributed by atoms with Gasteiger partial charge in [0.2, 0.25) is 20.0 Å². The predicted molar refractivity (Wildman–Crippen MR) is 213 cm³/mol. The summed E-state index contributed by atoms with van der Waals surface area (Å²) in [6.45, 7) is 0. The van der Waals surface area contributed by atoms with Crippen LogP contribution in [0.25, 0.3) is 98.0 Å². The van der Waals surface area contributed by atoms with Crippen molar-refractivity contribution >= 4 is 129 Å². The molecule has 0 amide bonds. The fraction of sp³-hybridized carbons (Fsp3) is 0.0526. The van der Waals surface area contributed by atoms with Gasteiger partial charge in [0.25, 0.3) is 16.8 Å². The highest BCUT2D eigenvalue weighted by Crippen LogP contribution is 2.50. The van der Waals surface area contributed by atoms with Crippen LogP contribution in [0.5, 0.6) is 0 Å². The number of nitro benzene ring substituents is 1. The van der Waals surface area contributed by atoms with Gasteiger partial charge in [-0.15, -0.1) is 0 Å². The first-order chi connectivity index (χ1) is 26.6. The number of anilines is 1. The van der Waals surface area contributed by atoms with Crippen LogP contribution in [-0.4, -0.2) is 58.9 Å². The Bertz CT molecular complexity index is 4050. The van der Waals surface area contributed by atoms with E-state index in [1.807, 2.05) is 0 Å². The van der Waals surface area contributed by atoms with Crippen molar-refractivity contribution < 1.29 is 21.8 Å². The zero-order chi connectivity index (χ0) is 39.1. The number of rotatable bonds is 4. The van der Waals surface area contributed by atoms with Crippen LogP contribution in [0, 0.1) is 10.1 Å². The molecule has 0 saturated carbocycles. The smallest absolute Gasteiger partial charge is 0.278 e. The summed E-state index contributed by atoms with van der Waals surface area (Å²) >= 11 is 0. The normalized spacial score (nSPS) is 13.4. The van der Waals surface area contributed by atoms with Crippen LogP contribution in [0.15, 0.2) is 92.2 Å². The van der Waals surface area contributed by atoms with E-state index in [0.29, 0.717) is 59.5 Å². The lowest BCUT2D eigenvalue weighted by molar-refractivity contribution is -0.382. The molecule has 0 atom stereocenters. The minimum atomic E-state index is -4.07. The monoisotopic (exact) mass is 782 g/mol. The molecule has 0 aliphatic rings. The maximum Gasteiger partial charge on any atom is 0.278 e. The fourth-order valence-corrected chi connectivity index (χ4v) is 10.1. The highest BCUT2D eigenvalue weighted by molar-refractivity contribution is 7.89. The summed E-state index contributed by atoms with van der Waals surface area (Å²) in [6.07, 6.45) is 0. The van der Waals surface area contributed by atoms with E-state index in [1.54, 1.807) is 30.3 Å². The highest BCUT2D eigenvalue weighted by Gasteiger charge is 2.30. The minimum absolute atomic E-state index is 0.0161. The first kappa shape index (κ1) is 32.6. The molecule has 0 fully saturated rings. The van der Waals surface area contributed by atoms with E-state index in [2.05, 4.69) is 4.98 Å². The van der Waals surface area contributed by atoms with E-state index < -0.39 is 36.1 Å². The van der Waals surface area contributed by atoms with Crippen LogP contribution in [0.3, 0.4) is 0 Å². The van der Waals surface area contributed by atoms with Crippen molar-refractivity contribution in [3.63, 3.8) is 0 Å². The fourth-order valence-electron chi connectivity index (χ4n) is 8.65. The number of nitrogen functional groups attached to an aromatic ring is 1. The number of nitrogens with two attached hydrogens (primary N) is 2. The Hall–Kier alpha value is -6.86. The maximum absolute atomic E-state index is 14.5. The number of nitro groups is 1. The van der Waals surface area contributed by atoms with Crippen molar-refractivity contribution in [3.05, 3.63) is 104 Å². The van der Waals surface area contributed by atoms with Crippen molar-refractivity contribution in [1.82, 2.24) is 23.1 Å². The standard InChI is InChI=1S/C38H22N8O8S2/c1-43(2)56(53,54)16-4-10-27-25(12-16)42-36-20-7-5-17-31-23(39)13-21-29-19(35-41-24-11-15(55(40,51)52)3-9-26(24)44(35)37(21)47)8-6-18(33(29)31)32-28(46(49)50)14-22(30(20)34(17)32)38(48)45(27)36/h3-14H,39H2,1-2H3,(H2,40,51,52). The quantitative estimate of drug-likeness (QED) is 0.0821.